The van der Waals surface area contributed by atoms with Crippen LogP contribution >= 0.6 is 24.8 Å². The van der Waals surface area contributed by atoms with Gasteiger partial charge in [0.2, 0.25) is 5.91 Å². The molecule has 1 aliphatic heterocycles. The SMILES string of the molecule is CNC1CCCN(C(=O)CCc2cnn(C)c2)C1.Cl.Cl. The zero-order valence-corrected chi connectivity index (χ0v) is 13.7. The van der Waals surface area contributed by atoms with Gasteiger partial charge in [0, 0.05) is 38.8 Å². The molecule has 1 N–H and O–H groups in total. The van der Waals surface area contributed by atoms with E-state index in [1.807, 2.05) is 31.4 Å². The highest BCUT2D eigenvalue weighted by Crippen LogP contribution is 2.12. The number of amides is 1. The van der Waals surface area contributed by atoms with E-state index in [0.29, 0.717) is 12.5 Å². The highest BCUT2D eigenvalue weighted by atomic mass is 35.5. The van der Waals surface area contributed by atoms with E-state index in [-0.39, 0.29) is 30.7 Å². The third-order valence-electron chi connectivity index (χ3n) is 3.57. The lowest BCUT2D eigenvalue weighted by atomic mass is 10.0. The molecule has 1 fully saturated rings. The van der Waals surface area contributed by atoms with Crippen LogP contribution in [0, 0.1) is 0 Å². The van der Waals surface area contributed by atoms with E-state index in [1.165, 1.54) is 6.42 Å². The third kappa shape index (κ3) is 5.31. The van der Waals surface area contributed by atoms with Crippen molar-refractivity contribution in [3.8, 4) is 0 Å². The Hall–Kier alpha value is -0.780. The topological polar surface area (TPSA) is 50.2 Å². The fourth-order valence-electron chi connectivity index (χ4n) is 2.45. The number of hydrogen-bond donors (Lipinski definition) is 1. The summed E-state index contributed by atoms with van der Waals surface area (Å²) < 4.78 is 1.78. The molecule has 0 spiro atoms. The van der Waals surface area contributed by atoms with E-state index in [2.05, 4.69) is 10.4 Å². The maximum absolute atomic E-state index is 12.1. The molecule has 1 aromatic rings. The van der Waals surface area contributed by atoms with Crippen LogP contribution in [0.4, 0.5) is 0 Å². The minimum Gasteiger partial charge on any atom is -0.341 e. The van der Waals surface area contributed by atoms with Crippen LogP contribution < -0.4 is 5.32 Å². The Bertz CT molecular complexity index is 411. The molecule has 5 nitrogen and oxygen atoms in total. The molecule has 0 bridgehead atoms. The van der Waals surface area contributed by atoms with Gasteiger partial charge in [0.15, 0.2) is 0 Å². The summed E-state index contributed by atoms with van der Waals surface area (Å²) in [7, 11) is 3.86. The number of likely N-dealkylation sites (tertiary alicyclic amines) is 1. The molecule has 0 saturated carbocycles. The molecule has 1 atom stereocenters. The number of halogens is 2. The average molecular weight is 323 g/mol. The van der Waals surface area contributed by atoms with Crippen molar-refractivity contribution in [2.24, 2.45) is 7.05 Å². The summed E-state index contributed by atoms with van der Waals surface area (Å²) in [6, 6.07) is 0.459. The van der Waals surface area contributed by atoms with Crippen LogP contribution in [0.3, 0.4) is 0 Å². The minimum atomic E-state index is 0. The number of aryl methyl sites for hydroxylation is 2. The Kier molecular flexibility index (Phi) is 8.85. The molecule has 116 valence electrons. The Balaban J connectivity index is 0.00000180. The number of piperidine rings is 1. The number of likely N-dealkylation sites (N-methyl/N-ethyl adjacent to an activating group) is 1. The van der Waals surface area contributed by atoms with Crippen LogP contribution in [0.5, 0.6) is 0 Å². The van der Waals surface area contributed by atoms with Gasteiger partial charge < -0.3 is 10.2 Å². The molecule has 0 aliphatic carbocycles. The second-order valence-corrected chi connectivity index (χ2v) is 4.99. The summed E-state index contributed by atoms with van der Waals surface area (Å²) in [6.07, 6.45) is 7.45. The number of carbonyl (C=O) groups excluding carboxylic acids is 1. The highest BCUT2D eigenvalue weighted by molar-refractivity contribution is 5.85. The van der Waals surface area contributed by atoms with Gasteiger partial charge in [-0.15, -0.1) is 24.8 Å². The monoisotopic (exact) mass is 322 g/mol. The standard InChI is InChI=1S/C13H22N4O.2ClH/c1-14-12-4-3-7-17(10-12)13(18)6-5-11-8-15-16(2)9-11;;/h8-9,12,14H,3-7,10H2,1-2H3;2*1H. The Morgan fingerprint density at radius 1 is 1.50 bits per heavy atom. The molecule has 1 amide bonds. The summed E-state index contributed by atoms with van der Waals surface area (Å²) in [4.78, 5) is 14.1. The molecule has 1 aliphatic rings. The molecule has 1 unspecified atom stereocenters. The van der Waals surface area contributed by atoms with Crippen molar-refractivity contribution in [1.82, 2.24) is 20.0 Å². The number of rotatable bonds is 4. The fourth-order valence-corrected chi connectivity index (χ4v) is 2.45. The lowest BCUT2D eigenvalue weighted by Crippen LogP contribution is -2.47. The van der Waals surface area contributed by atoms with Crippen molar-refractivity contribution in [3.63, 3.8) is 0 Å². The minimum absolute atomic E-state index is 0. The highest BCUT2D eigenvalue weighted by Gasteiger charge is 2.22. The van der Waals surface area contributed by atoms with Crippen molar-refractivity contribution in [2.45, 2.75) is 31.7 Å². The van der Waals surface area contributed by atoms with E-state index in [0.717, 1.165) is 31.5 Å². The second-order valence-electron chi connectivity index (χ2n) is 4.99. The smallest absolute Gasteiger partial charge is 0.222 e. The van der Waals surface area contributed by atoms with Gasteiger partial charge in [0.25, 0.3) is 0 Å². The van der Waals surface area contributed by atoms with Crippen molar-refractivity contribution in [3.05, 3.63) is 18.0 Å². The molecule has 2 rings (SSSR count). The predicted molar refractivity (Wildman–Crippen MR) is 84.7 cm³/mol. The molecular formula is C13H24Cl2N4O. The van der Waals surface area contributed by atoms with Crippen LogP contribution in [0.2, 0.25) is 0 Å². The van der Waals surface area contributed by atoms with E-state index in [9.17, 15) is 4.79 Å². The fraction of sp³-hybridized carbons (Fsp3) is 0.692. The Morgan fingerprint density at radius 3 is 2.85 bits per heavy atom. The van der Waals surface area contributed by atoms with Crippen LogP contribution in [-0.4, -0.2) is 46.8 Å². The van der Waals surface area contributed by atoms with E-state index >= 15 is 0 Å². The number of nitrogens with zero attached hydrogens (tertiary/aromatic N) is 3. The van der Waals surface area contributed by atoms with Crippen molar-refractivity contribution in [1.29, 1.82) is 0 Å². The lowest BCUT2D eigenvalue weighted by molar-refractivity contribution is -0.132. The summed E-state index contributed by atoms with van der Waals surface area (Å²) in [6.45, 7) is 1.76. The molecule has 0 aromatic carbocycles. The third-order valence-corrected chi connectivity index (χ3v) is 3.57. The normalized spacial score (nSPS) is 18.1. The van der Waals surface area contributed by atoms with Crippen molar-refractivity contribution < 1.29 is 4.79 Å². The summed E-state index contributed by atoms with van der Waals surface area (Å²) in [5, 5.41) is 7.37. The van der Waals surface area contributed by atoms with Gasteiger partial charge in [0.1, 0.15) is 0 Å². The quantitative estimate of drug-likeness (QED) is 0.911. The van der Waals surface area contributed by atoms with Gasteiger partial charge in [-0.1, -0.05) is 0 Å². The lowest BCUT2D eigenvalue weighted by Gasteiger charge is -2.32. The number of nitrogens with one attached hydrogen (secondary N) is 1. The molecule has 20 heavy (non-hydrogen) atoms. The maximum Gasteiger partial charge on any atom is 0.222 e. The van der Waals surface area contributed by atoms with Gasteiger partial charge in [-0.2, -0.15) is 5.10 Å². The van der Waals surface area contributed by atoms with Gasteiger partial charge >= 0.3 is 0 Å². The van der Waals surface area contributed by atoms with E-state index in [4.69, 9.17) is 0 Å². The summed E-state index contributed by atoms with van der Waals surface area (Å²) in [5.74, 6) is 0.263. The Labute approximate surface area is 132 Å². The number of aromatic nitrogens is 2. The van der Waals surface area contributed by atoms with Gasteiger partial charge in [0.05, 0.1) is 6.20 Å². The number of hydrogen-bond acceptors (Lipinski definition) is 3. The van der Waals surface area contributed by atoms with Crippen molar-refractivity contribution in [2.75, 3.05) is 20.1 Å². The second kappa shape index (κ2) is 9.21. The maximum atomic E-state index is 12.1. The van der Waals surface area contributed by atoms with Crippen LogP contribution in [0.25, 0.3) is 0 Å². The molecule has 1 saturated heterocycles. The number of carbonyl (C=O) groups is 1. The molecule has 2 heterocycles. The largest absolute Gasteiger partial charge is 0.341 e. The molecule has 7 heteroatoms. The molecule has 1 aromatic heterocycles. The zero-order chi connectivity index (χ0) is 13.0. The average Bonchev–Trinajstić information content (AvgIpc) is 2.82. The first kappa shape index (κ1) is 19.2. The van der Waals surface area contributed by atoms with Gasteiger partial charge in [-0.25, -0.2) is 0 Å². The summed E-state index contributed by atoms with van der Waals surface area (Å²) >= 11 is 0. The van der Waals surface area contributed by atoms with Crippen LogP contribution in [0.15, 0.2) is 12.4 Å². The Morgan fingerprint density at radius 2 is 2.25 bits per heavy atom. The van der Waals surface area contributed by atoms with Crippen molar-refractivity contribution >= 4 is 30.7 Å². The summed E-state index contributed by atoms with van der Waals surface area (Å²) in [5.41, 5.74) is 1.13. The van der Waals surface area contributed by atoms with Gasteiger partial charge in [-0.3, -0.25) is 9.48 Å². The molecular weight excluding hydrogens is 299 g/mol. The predicted octanol–water partition coefficient (Wildman–Crippen LogP) is 1.41. The van der Waals surface area contributed by atoms with E-state index < -0.39 is 0 Å². The van der Waals surface area contributed by atoms with E-state index in [1.54, 1.807) is 4.68 Å². The van der Waals surface area contributed by atoms with Gasteiger partial charge in [-0.05, 0) is 31.9 Å². The van der Waals surface area contributed by atoms with Crippen LogP contribution in [0.1, 0.15) is 24.8 Å². The first-order valence-electron chi connectivity index (χ1n) is 6.61. The first-order valence-corrected chi connectivity index (χ1v) is 6.61. The zero-order valence-electron chi connectivity index (χ0n) is 12.0. The molecule has 0 radical (unpaired) electrons. The first-order chi connectivity index (χ1) is 8.69. The van der Waals surface area contributed by atoms with Crippen LogP contribution in [-0.2, 0) is 18.3 Å².